The number of thiophene rings is 1. The number of anilines is 2. The molecule has 0 aliphatic rings. The van der Waals surface area contributed by atoms with E-state index in [0.29, 0.717) is 17.2 Å². The van der Waals surface area contributed by atoms with Crippen molar-refractivity contribution in [3.05, 3.63) is 40.1 Å². The number of hydrogen-bond acceptors (Lipinski definition) is 4. The van der Waals surface area contributed by atoms with Crippen molar-refractivity contribution < 1.29 is 9.53 Å². The molecule has 1 aromatic heterocycles. The molecule has 0 aliphatic heterocycles. The zero-order chi connectivity index (χ0) is 14.5. The number of carbonyl (C=O) groups excluding carboxylic acids is 1. The Balaban J connectivity index is 2.00. The molecule has 20 heavy (non-hydrogen) atoms. The quantitative estimate of drug-likeness (QED) is 0.883. The maximum absolute atomic E-state index is 12.0. The monoisotopic (exact) mass is 290 g/mol. The summed E-state index contributed by atoms with van der Waals surface area (Å²) in [5.74, 6) is 0.665. The second-order valence-electron chi connectivity index (χ2n) is 4.45. The van der Waals surface area contributed by atoms with Gasteiger partial charge in [-0.3, -0.25) is 4.79 Å². The van der Waals surface area contributed by atoms with E-state index < -0.39 is 0 Å². The number of benzene rings is 1. The zero-order valence-electron chi connectivity index (χ0n) is 11.6. The maximum atomic E-state index is 12.0. The van der Waals surface area contributed by atoms with Crippen molar-refractivity contribution in [2.75, 3.05) is 17.7 Å². The number of carbonyl (C=O) groups is 1. The number of nitrogens with one attached hydrogen (secondary N) is 1. The predicted molar refractivity (Wildman–Crippen MR) is 83.6 cm³/mol. The van der Waals surface area contributed by atoms with Gasteiger partial charge in [-0.05, 0) is 43.7 Å². The number of hydrogen-bond donors (Lipinski definition) is 2. The van der Waals surface area contributed by atoms with Crippen LogP contribution in [0.1, 0.15) is 27.9 Å². The minimum absolute atomic E-state index is 0.142. The number of rotatable bonds is 5. The molecule has 2 aromatic rings. The van der Waals surface area contributed by atoms with Gasteiger partial charge in [-0.15, -0.1) is 11.3 Å². The minimum atomic E-state index is -0.142. The van der Waals surface area contributed by atoms with Gasteiger partial charge in [-0.1, -0.05) is 6.92 Å². The predicted octanol–water partition coefficient (Wildman–Crippen LogP) is 3.68. The number of ether oxygens (including phenoxy) is 1. The zero-order valence-corrected chi connectivity index (χ0v) is 12.4. The summed E-state index contributed by atoms with van der Waals surface area (Å²) < 4.78 is 5.49. The number of amides is 1. The molecule has 0 saturated heterocycles. The molecule has 1 amide bonds. The fraction of sp³-hybridized carbons (Fsp3) is 0.267. The van der Waals surface area contributed by atoms with Crippen LogP contribution in [-0.2, 0) is 0 Å². The van der Waals surface area contributed by atoms with E-state index in [9.17, 15) is 4.79 Å². The first kappa shape index (κ1) is 14.4. The van der Waals surface area contributed by atoms with Crippen molar-refractivity contribution in [1.82, 2.24) is 0 Å². The second kappa shape index (κ2) is 6.43. The summed E-state index contributed by atoms with van der Waals surface area (Å²) in [4.78, 5) is 13.6. The van der Waals surface area contributed by atoms with Gasteiger partial charge in [-0.2, -0.15) is 0 Å². The van der Waals surface area contributed by atoms with E-state index in [1.54, 1.807) is 6.07 Å². The largest absolute Gasteiger partial charge is 0.494 e. The van der Waals surface area contributed by atoms with E-state index >= 15 is 0 Å². The van der Waals surface area contributed by atoms with Crippen LogP contribution >= 0.6 is 11.3 Å². The third kappa shape index (κ3) is 3.51. The van der Waals surface area contributed by atoms with Gasteiger partial charge in [0.1, 0.15) is 5.75 Å². The molecule has 1 aromatic carbocycles. The Morgan fingerprint density at radius 3 is 2.60 bits per heavy atom. The van der Waals surface area contributed by atoms with Crippen LogP contribution < -0.4 is 15.8 Å². The van der Waals surface area contributed by atoms with Gasteiger partial charge in [0, 0.05) is 16.3 Å². The number of aryl methyl sites for hydroxylation is 1. The van der Waals surface area contributed by atoms with Crippen LogP contribution in [0.5, 0.6) is 5.75 Å². The molecule has 0 bridgehead atoms. The van der Waals surface area contributed by atoms with Gasteiger partial charge in [0.05, 0.1) is 11.5 Å². The van der Waals surface area contributed by atoms with Crippen molar-refractivity contribution in [1.29, 1.82) is 0 Å². The molecule has 0 saturated carbocycles. The summed E-state index contributed by atoms with van der Waals surface area (Å²) >= 11 is 1.39. The molecule has 0 atom stereocenters. The third-order valence-corrected chi connectivity index (χ3v) is 3.83. The van der Waals surface area contributed by atoms with Crippen molar-refractivity contribution in [3.8, 4) is 5.75 Å². The lowest BCUT2D eigenvalue weighted by Gasteiger charge is -2.06. The van der Waals surface area contributed by atoms with Gasteiger partial charge in [0.15, 0.2) is 0 Å². The first-order valence-corrected chi connectivity index (χ1v) is 7.32. The Kier molecular flexibility index (Phi) is 4.63. The number of nitrogen functional groups attached to an aromatic ring is 1. The van der Waals surface area contributed by atoms with Crippen LogP contribution in [0.4, 0.5) is 11.4 Å². The molecular formula is C15H18N2O2S. The molecule has 0 fully saturated rings. The van der Waals surface area contributed by atoms with Crippen LogP contribution in [0.25, 0.3) is 0 Å². The lowest BCUT2D eigenvalue weighted by molar-refractivity contribution is 0.103. The van der Waals surface area contributed by atoms with Gasteiger partial charge < -0.3 is 15.8 Å². The van der Waals surface area contributed by atoms with Gasteiger partial charge in [0.25, 0.3) is 5.91 Å². The summed E-state index contributed by atoms with van der Waals surface area (Å²) in [7, 11) is 0. The molecule has 2 rings (SSSR count). The standard InChI is InChI=1S/C15H18N2O2S/c1-3-8-19-12-6-4-11(5-7-12)17-15(18)14-9-13(16)10(2)20-14/h4-7,9H,3,8,16H2,1-2H3,(H,17,18). The molecule has 3 N–H and O–H groups in total. The maximum Gasteiger partial charge on any atom is 0.265 e. The molecule has 106 valence electrons. The summed E-state index contributed by atoms with van der Waals surface area (Å²) in [6, 6.07) is 9.05. The highest BCUT2D eigenvalue weighted by Gasteiger charge is 2.11. The van der Waals surface area contributed by atoms with E-state index in [4.69, 9.17) is 10.5 Å². The molecule has 0 aliphatic carbocycles. The van der Waals surface area contributed by atoms with Gasteiger partial charge in [-0.25, -0.2) is 0 Å². The van der Waals surface area contributed by atoms with Crippen LogP contribution in [0.15, 0.2) is 30.3 Å². The van der Waals surface area contributed by atoms with E-state index in [2.05, 4.69) is 12.2 Å². The Bertz CT molecular complexity index is 571. The van der Waals surface area contributed by atoms with Crippen LogP contribution in [0.3, 0.4) is 0 Å². The van der Waals surface area contributed by atoms with Crippen molar-refractivity contribution in [2.24, 2.45) is 0 Å². The third-order valence-electron chi connectivity index (χ3n) is 2.77. The smallest absolute Gasteiger partial charge is 0.265 e. The summed E-state index contributed by atoms with van der Waals surface area (Å²) in [5.41, 5.74) is 7.15. The molecule has 4 nitrogen and oxygen atoms in total. The number of nitrogens with two attached hydrogens (primary N) is 1. The normalized spacial score (nSPS) is 10.3. The first-order valence-electron chi connectivity index (χ1n) is 6.50. The molecular weight excluding hydrogens is 272 g/mol. The van der Waals surface area contributed by atoms with Crippen LogP contribution in [0, 0.1) is 6.92 Å². The van der Waals surface area contributed by atoms with Crippen molar-refractivity contribution in [3.63, 3.8) is 0 Å². The van der Waals surface area contributed by atoms with E-state index in [1.807, 2.05) is 31.2 Å². The molecule has 0 unspecified atom stereocenters. The van der Waals surface area contributed by atoms with Gasteiger partial charge in [0.2, 0.25) is 0 Å². The first-order chi connectivity index (χ1) is 9.60. The highest BCUT2D eigenvalue weighted by atomic mass is 32.1. The molecule has 0 spiro atoms. The van der Waals surface area contributed by atoms with E-state index in [-0.39, 0.29) is 5.91 Å². The van der Waals surface area contributed by atoms with Crippen molar-refractivity contribution >= 4 is 28.6 Å². The topological polar surface area (TPSA) is 64.3 Å². The Morgan fingerprint density at radius 1 is 1.35 bits per heavy atom. The highest BCUT2D eigenvalue weighted by molar-refractivity contribution is 7.14. The Labute approximate surface area is 122 Å². The lowest BCUT2D eigenvalue weighted by Crippen LogP contribution is -2.10. The summed E-state index contributed by atoms with van der Waals surface area (Å²) in [6.07, 6.45) is 0.970. The SMILES string of the molecule is CCCOc1ccc(NC(=O)c2cc(N)c(C)s2)cc1. The average Bonchev–Trinajstić information content (AvgIpc) is 2.78. The van der Waals surface area contributed by atoms with Gasteiger partial charge >= 0.3 is 0 Å². The van der Waals surface area contributed by atoms with Crippen molar-refractivity contribution in [2.45, 2.75) is 20.3 Å². The van der Waals surface area contributed by atoms with Crippen LogP contribution in [0.2, 0.25) is 0 Å². The summed E-state index contributed by atoms with van der Waals surface area (Å²) in [6.45, 7) is 4.65. The highest BCUT2D eigenvalue weighted by Crippen LogP contribution is 2.24. The second-order valence-corrected chi connectivity index (χ2v) is 5.71. The minimum Gasteiger partial charge on any atom is -0.494 e. The Morgan fingerprint density at radius 2 is 2.05 bits per heavy atom. The van der Waals surface area contributed by atoms with E-state index in [1.165, 1.54) is 11.3 Å². The fourth-order valence-corrected chi connectivity index (χ4v) is 2.49. The van der Waals surface area contributed by atoms with Crippen LogP contribution in [-0.4, -0.2) is 12.5 Å². The lowest BCUT2D eigenvalue weighted by atomic mass is 10.3. The average molecular weight is 290 g/mol. The Hall–Kier alpha value is -2.01. The molecule has 1 heterocycles. The molecule has 0 radical (unpaired) electrons. The molecule has 5 heteroatoms. The fourth-order valence-electron chi connectivity index (χ4n) is 1.66. The summed E-state index contributed by atoms with van der Waals surface area (Å²) in [5, 5.41) is 2.84. The van der Waals surface area contributed by atoms with E-state index in [0.717, 1.165) is 22.7 Å².